The maximum absolute atomic E-state index is 12.8. The third kappa shape index (κ3) is 2.05. The predicted molar refractivity (Wildman–Crippen MR) is 80.2 cm³/mol. The molecule has 0 fully saturated rings. The molecule has 2 aromatic heterocycles. The normalized spacial score (nSPS) is 14.9. The molecule has 7 heteroatoms. The number of carbonyl (C=O) groups is 1. The monoisotopic (exact) mass is 296 g/mol. The van der Waals surface area contributed by atoms with Gasteiger partial charge in [0, 0.05) is 37.0 Å². The number of aromatic amines is 1. The first kappa shape index (κ1) is 13.0. The molecule has 0 bridgehead atoms. The number of rotatable bonds is 1. The minimum Gasteiger partial charge on any atom is -0.334 e. The summed E-state index contributed by atoms with van der Waals surface area (Å²) in [6.45, 7) is 1.37. The van der Waals surface area contributed by atoms with E-state index in [-0.39, 0.29) is 5.91 Å². The topological polar surface area (TPSA) is 79.7 Å². The Balaban J connectivity index is 1.64. The van der Waals surface area contributed by atoms with Crippen LogP contribution in [0.25, 0.3) is 11.0 Å². The molecule has 3 aromatic rings. The average Bonchev–Trinajstić information content (AvgIpc) is 3.06. The summed E-state index contributed by atoms with van der Waals surface area (Å²) in [7, 11) is 1.95. The van der Waals surface area contributed by atoms with Crippen molar-refractivity contribution in [2.45, 2.75) is 19.4 Å². The summed E-state index contributed by atoms with van der Waals surface area (Å²) in [5.74, 6) is 0.0354. The van der Waals surface area contributed by atoms with Gasteiger partial charge in [-0.25, -0.2) is 0 Å². The Morgan fingerprint density at radius 2 is 2.27 bits per heavy atom. The summed E-state index contributed by atoms with van der Waals surface area (Å²) >= 11 is 0. The van der Waals surface area contributed by atoms with Gasteiger partial charge in [-0.2, -0.15) is 5.10 Å². The van der Waals surface area contributed by atoms with E-state index in [2.05, 4.69) is 20.5 Å². The summed E-state index contributed by atoms with van der Waals surface area (Å²) in [4.78, 5) is 14.7. The highest BCUT2D eigenvalue weighted by atomic mass is 16.2. The highest BCUT2D eigenvalue weighted by Gasteiger charge is 2.22. The number of hydrogen-bond acceptors (Lipinski definition) is 4. The number of hydrogen-bond donors (Lipinski definition) is 1. The number of carbonyl (C=O) groups excluding carboxylic acids is 1. The van der Waals surface area contributed by atoms with E-state index in [4.69, 9.17) is 0 Å². The Bertz CT molecular complexity index is 849. The molecule has 22 heavy (non-hydrogen) atoms. The zero-order chi connectivity index (χ0) is 15.1. The van der Waals surface area contributed by atoms with Crippen LogP contribution in [0.2, 0.25) is 0 Å². The standard InChI is InChI=1S/C15H16N6O/c1-20-14-3-2-6-21(9-11(14)8-16-20)15(22)10-4-5-12-13(7-10)18-19-17-12/h4-5,7-8H,2-3,6,9H2,1H3,(H,17,18,19). The fourth-order valence-electron chi connectivity index (χ4n) is 3.02. The molecular formula is C15H16N6O. The van der Waals surface area contributed by atoms with E-state index in [1.807, 2.05) is 41.0 Å². The van der Waals surface area contributed by atoms with Crippen molar-refractivity contribution in [2.24, 2.45) is 7.05 Å². The lowest BCUT2D eigenvalue weighted by Crippen LogP contribution is -2.30. The van der Waals surface area contributed by atoms with E-state index >= 15 is 0 Å². The molecule has 0 unspecified atom stereocenters. The van der Waals surface area contributed by atoms with Crippen molar-refractivity contribution in [1.82, 2.24) is 30.1 Å². The number of nitrogens with one attached hydrogen (secondary N) is 1. The number of H-pyrrole nitrogens is 1. The first-order valence-corrected chi connectivity index (χ1v) is 7.32. The van der Waals surface area contributed by atoms with E-state index in [9.17, 15) is 4.79 Å². The highest BCUT2D eigenvalue weighted by Crippen LogP contribution is 2.20. The molecule has 1 amide bonds. The van der Waals surface area contributed by atoms with Gasteiger partial charge in [0.15, 0.2) is 0 Å². The van der Waals surface area contributed by atoms with Crippen LogP contribution in [0.3, 0.4) is 0 Å². The van der Waals surface area contributed by atoms with E-state index in [0.29, 0.717) is 12.1 Å². The van der Waals surface area contributed by atoms with Gasteiger partial charge in [0.25, 0.3) is 5.91 Å². The summed E-state index contributed by atoms with van der Waals surface area (Å²) in [5, 5.41) is 14.8. The maximum Gasteiger partial charge on any atom is 0.254 e. The molecule has 112 valence electrons. The third-order valence-electron chi connectivity index (χ3n) is 4.21. The van der Waals surface area contributed by atoms with Gasteiger partial charge in [0.2, 0.25) is 0 Å². The lowest BCUT2D eigenvalue weighted by atomic mass is 10.1. The number of aryl methyl sites for hydroxylation is 1. The van der Waals surface area contributed by atoms with Crippen LogP contribution < -0.4 is 0 Å². The van der Waals surface area contributed by atoms with Gasteiger partial charge in [0.05, 0.1) is 11.7 Å². The van der Waals surface area contributed by atoms with Crippen LogP contribution in [-0.2, 0) is 20.0 Å². The van der Waals surface area contributed by atoms with Crippen LogP contribution in [-0.4, -0.2) is 42.5 Å². The van der Waals surface area contributed by atoms with E-state index in [1.165, 1.54) is 5.69 Å². The molecule has 0 saturated heterocycles. The molecule has 4 rings (SSSR count). The molecule has 1 aliphatic heterocycles. The highest BCUT2D eigenvalue weighted by molar-refractivity contribution is 5.97. The fraction of sp³-hybridized carbons (Fsp3) is 0.333. The number of aromatic nitrogens is 5. The smallest absolute Gasteiger partial charge is 0.254 e. The molecule has 1 aromatic carbocycles. The largest absolute Gasteiger partial charge is 0.334 e. The number of nitrogens with zero attached hydrogens (tertiary/aromatic N) is 5. The van der Waals surface area contributed by atoms with Crippen LogP contribution in [0, 0.1) is 0 Å². The molecular weight excluding hydrogens is 280 g/mol. The quantitative estimate of drug-likeness (QED) is 0.733. The maximum atomic E-state index is 12.8. The van der Waals surface area contributed by atoms with Crippen LogP contribution in [0.4, 0.5) is 0 Å². The molecule has 0 atom stereocenters. The lowest BCUT2D eigenvalue weighted by molar-refractivity contribution is 0.0746. The van der Waals surface area contributed by atoms with Crippen molar-refractivity contribution in [3.05, 3.63) is 41.2 Å². The van der Waals surface area contributed by atoms with Crippen molar-refractivity contribution in [2.75, 3.05) is 6.54 Å². The summed E-state index contributed by atoms with van der Waals surface area (Å²) < 4.78 is 1.91. The van der Waals surface area contributed by atoms with Gasteiger partial charge < -0.3 is 4.90 Å². The van der Waals surface area contributed by atoms with Crippen LogP contribution >= 0.6 is 0 Å². The zero-order valence-electron chi connectivity index (χ0n) is 12.3. The van der Waals surface area contributed by atoms with Crippen molar-refractivity contribution >= 4 is 16.9 Å². The minimum absolute atomic E-state index is 0.0354. The second-order valence-electron chi connectivity index (χ2n) is 5.61. The molecule has 0 aliphatic carbocycles. The summed E-state index contributed by atoms with van der Waals surface area (Å²) in [5.41, 5.74) is 4.57. The predicted octanol–water partition coefficient (Wildman–Crippen LogP) is 1.28. The minimum atomic E-state index is 0.0354. The van der Waals surface area contributed by atoms with Crippen molar-refractivity contribution in [3.63, 3.8) is 0 Å². The van der Waals surface area contributed by atoms with Gasteiger partial charge in [-0.05, 0) is 31.0 Å². The third-order valence-corrected chi connectivity index (χ3v) is 4.21. The van der Waals surface area contributed by atoms with E-state index in [0.717, 1.165) is 36.0 Å². The number of benzene rings is 1. The molecule has 1 N–H and O–H groups in total. The molecule has 0 spiro atoms. The summed E-state index contributed by atoms with van der Waals surface area (Å²) in [6, 6.07) is 5.44. The SMILES string of the molecule is Cn1ncc2c1CCCN(C(=O)c1ccc3nn[nH]c3c1)C2. The number of amides is 1. The first-order chi connectivity index (χ1) is 10.7. The Labute approximate surface area is 126 Å². The van der Waals surface area contributed by atoms with Crippen molar-refractivity contribution < 1.29 is 4.79 Å². The Kier molecular flexibility index (Phi) is 2.92. The van der Waals surface area contributed by atoms with Gasteiger partial charge in [-0.3, -0.25) is 14.6 Å². The van der Waals surface area contributed by atoms with Gasteiger partial charge in [-0.1, -0.05) is 5.21 Å². The fourth-order valence-corrected chi connectivity index (χ4v) is 3.02. The Hall–Kier alpha value is -2.70. The van der Waals surface area contributed by atoms with Crippen molar-refractivity contribution in [3.8, 4) is 0 Å². The first-order valence-electron chi connectivity index (χ1n) is 7.32. The van der Waals surface area contributed by atoms with Gasteiger partial charge in [0.1, 0.15) is 5.52 Å². The molecule has 7 nitrogen and oxygen atoms in total. The van der Waals surface area contributed by atoms with Crippen LogP contribution in [0.1, 0.15) is 28.0 Å². The molecule has 1 aliphatic rings. The van der Waals surface area contributed by atoms with Crippen LogP contribution in [0.15, 0.2) is 24.4 Å². The zero-order valence-corrected chi connectivity index (χ0v) is 12.3. The molecule has 0 radical (unpaired) electrons. The Morgan fingerprint density at radius 1 is 1.36 bits per heavy atom. The Morgan fingerprint density at radius 3 is 3.18 bits per heavy atom. The van der Waals surface area contributed by atoms with Crippen molar-refractivity contribution in [1.29, 1.82) is 0 Å². The van der Waals surface area contributed by atoms with Gasteiger partial charge in [-0.15, -0.1) is 5.10 Å². The lowest BCUT2D eigenvalue weighted by Gasteiger charge is -2.20. The average molecular weight is 296 g/mol. The second-order valence-corrected chi connectivity index (χ2v) is 5.61. The molecule has 0 saturated carbocycles. The van der Waals surface area contributed by atoms with E-state index < -0.39 is 0 Å². The van der Waals surface area contributed by atoms with Crippen LogP contribution in [0.5, 0.6) is 0 Å². The number of fused-ring (bicyclic) bond motifs is 2. The second kappa shape index (κ2) is 4.94. The molecule has 3 heterocycles. The van der Waals surface area contributed by atoms with E-state index in [1.54, 1.807) is 0 Å². The van der Waals surface area contributed by atoms with Gasteiger partial charge >= 0.3 is 0 Å². The summed E-state index contributed by atoms with van der Waals surface area (Å²) in [6.07, 6.45) is 3.77.